The van der Waals surface area contributed by atoms with Crippen molar-refractivity contribution in [1.29, 1.82) is 0 Å². The van der Waals surface area contributed by atoms with E-state index in [-0.39, 0.29) is 0 Å². The predicted octanol–water partition coefficient (Wildman–Crippen LogP) is 4.13. The van der Waals surface area contributed by atoms with E-state index in [1.165, 1.54) is 51.4 Å². The van der Waals surface area contributed by atoms with Crippen LogP contribution >= 0.6 is 0 Å². The SMILES string of the molecule is C#CCCC(CCCCCCCCC)NC. The van der Waals surface area contributed by atoms with E-state index in [9.17, 15) is 0 Å². The van der Waals surface area contributed by atoms with Crippen LogP contribution in [0.1, 0.15) is 71.1 Å². The summed E-state index contributed by atoms with van der Waals surface area (Å²) in [6.07, 6.45) is 18.3. The molecular weight excluding hydrogens is 194 g/mol. The number of rotatable bonds is 11. The fourth-order valence-electron chi connectivity index (χ4n) is 2.04. The fraction of sp³-hybridized carbons (Fsp3) is 0.867. The monoisotopic (exact) mass is 223 g/mol. The van der Waals surface area contributed by atoms with Crippen molar-refractivity contribution in [3.05, 3.63) is 0 Å². The van der Waals surface area contributed by atoms with E-state index in [0.29, 0.717) is 6.04 Å². The first-order chi connectivity index (χ1) is 7.85. The second-order valence-corrected chi connectivity index (χ2v) is 4.64. The molecule has 0 aliphatic carbocycles. The summed E-state index contributed by atoms with van der Waals surface area (Å²) in [6.45, 7) is 2.27. The second-order valence-electron chi connectivity index (χ2n) is 4.64. The van der Waals surface area contributed by atoms with Crippen LogP contribution in [-0.2, 0) is 0 Å². The van der Waals surface area contributed by atoms with Crippen molar-refractivity contribution in [3.63, 3.8) is 0 Å². The lowest BCUT2D eigenvalue weighted by atomic mass is 10.0. The Kier molecular flexibility index (Phi) is 12.2. The summed E-state index contributed by atoms with van der Waals surface area (Å²) >= 11 is 0. The average Bonchev–Trinajstić information content (AvgIpc) is 2.32. The molecule has 0 rings (SSSR count). The van der Waals surface area contributed by atoms with Crippen LogP contribution in [0, 0.1) is 12.3 Å². The Morgan fingerprint density at radius 2 is 1.62 bits per heavy atom. The van der Waals surface area contributed by atoms with E-state index in [0.717, 1.165) is 12.8 Å². The van der Waals surface area contributed by atoms with Gasteiger partial charge in [-0.2, -0.15) is 0 Å². The zero-order valence-corrected chi connectivity index (χ0v) is 11.2. The number of terminal acetylenes is 1. The first-order valence-corrected chi connectivity index (χ1v) is 6.95. The lowest BCUT2D eigenvalue weighted by molar-refractivity contribution is 0.461. The molecular formula is C15H29N. The Morgan fingerprint density at radius 1 is 1.00 bits per heavy atom. The summed E-state index contributed by atoms with van der Waals surface area (Å²) in [5, 5.41) is 3.35. The molecule has 1 unspecified atom stereocenters. The van der Waals surface area contributed by atoms with Gasteiger partial charge in [-0.1, -0.05) is 51.9 Å². The minimum atomic E-state index is 0.631. The minimum Gasteiger partial charge on any atom is -0.317 e. The van der Waals surface area contributed by atoms with Crippen molar-refractivity contribution in [1.82, 2.24) is 5.32 Å². The summed E-state index contributed by atoms with van der Waals surface area (Å²) in [5.41, 5.74) is 0. The molecule has 0 saturated heterocycles. The second kappa shape index (κ2) is 12.6. The van der Waals surface area contributed by atoms with Crippen LogP contribution in [0.4, 0.5) is 0 Å². The van der Waals surface area contributed by atoms with Crippen LogP contribution in [0.2, 0.25) is 0 Å². The van der Waals surface area contributed by atoms with Crippen molar-refractivity contribution in [3.8, 4) is 12.3 Å². The number of hydrogen-bond acceptors (Lipinski definition) is 1. The van der Waals surface area contributed by atoms with E-state index >= 15 is 0 Å². The molecule has 0 heterocycles. The van der Waals surface area contributed by atoms with Gasteiger partial charge in [0, 0.05) is 12.5 Å². The molecule has 0 bridgehead atoms. The Bertz CT molecular complexity index is 169. The van der Waals surface area contributed by atoms with E-state index in [4.69, 9.17) is 6.42 Å². The van der Waals surface area contributed by atoms with Crippen LogP contribution < -0.4 is 5.32 Å². The van der Waals surface area contributed by atoms with Crippen molar-refractivity contribution in [2.45, 2.75) is 77.2 Å². The molecule has 1 nitrogen and oxygen atoms in total. The lowest BCUT2D eigenvalue weighted by Crippen LogP contribution is -2.24. The largest absolute Gasteiger partial charge is 0.317 e. The average molecular weight is 223 g/mol. The van der Waals surface area contributed by atoms with Gasteiger partial charge in [0.25, 0.3) is 0 Å². The molecule has 0 aliphatic rings. The Morgan fingerprint density at radius 3 is 2.19 bits per heavy atom. The van der Waals surface area contributed by atoms with Crippen molar-refractivity contribution in [2.24, 2.45) is 0 Å². The summed E-state index contributed by atoms with van der Waals surface area (Å²) in [7, 11) is 2.04. The van der Waals surface area contributed by atoms with Crippen molar-refractivity contribution in [2.75, 3.05) is 7.05 Å². The molecule has 0 fully saturated rings. The molecule has 0 amide bonds. The maximum atomic E-state index is 5.28. The molecule has 16 heavy (non-hydrogen) atoms. The molecule has 0 spiro atoms. The molecule has 0 aliphatic heterocycles. The van der Waals surface area contributed by atoms with Crippen LogP contribution in [-0.4, -0.2) is 13.1 Å². The van der Waals surface area contributed by atoms with E-state index in [1.54, 1.807) is 0 Å². The maximum Gasteiger partial charge on any atom is 0.0101 e. The first-order valence-electron chi connectivity index (χ1n) is 6.95. The quantitative estimate of drug-likeness (QED) is 0.410. The number of nitrogens with one attached hydrogen (secondary N) is 1. The molecule has 1 N–H and O–H groups in total. The highest BCUT2D eigenvalue weighted by Crippen LogP contribution is 2.11. The maximum absolute atomic E-state index is 5.28. The van der Waals surface area contributed by atoms with Crippen molar-refractivity contribution >= 4 is 0 Å². The molecule has 0 aromatic carbocycles. The van der Waals surface area contributed by atoms with Gasteiger partial charge in [0.15, 0.2) is 0 Å². The lowest BCUT2D eigenvalue weighted by Gasteiger charge is -2.14. The predicted molar refractivity (Wildman–Crippen MR) is 73.5 cm³/mol. The molecule has 0 aromatic heterocycles. The highest BCUT2D eigenvalue weighted by Gasteiger charge is 2.03. The van der Waals surface area contributed by atoms with E-state index < -0.39 is 0 Å². The van der Waals surface area contributed by atoms with Gasteiger partial charge in [-0.15, -0.1) is 12.3 Å². The third-order valence-electron chi connectivity index (χ3n) is 3.20. The Hall–Kier alpha value is -0.480. The smallest absolute Gasteiger partial charge is 0.0101 e. The zero-order valence-electron chi connectivity index (χ0n) is 11.2. The van der Waals surface area contributed by atoms with Gasteiger partial charge >= 0.3 is 0 Å². The first kappa shape index (κ1) is 15.5. The fourth-order valence-corrected chi connectivity index (χ4v) is 2.04. The Labute approximate surface area is 102 Å². The van der Waals surface area contributed by atoms with Crippen LogP contribution in [0.3, 0.4) is 0 Å². The summed E-state index contributed by atoms with van der Waals surface area (Å²) in [6, 6.07) is 0.631. The highest BCUT2D eigenvalue weighted by atomic mass is 14.9. The molecule has 0 aromatic rings. The van der Waals surface area contributed by atoms with Gasteiger partial charge in [-0.05, 0) is 19.9 Å². The van der Waals surface area contributed by atoms with E-state index in [2.05, 4.69) is 18.2 Å². The van der Waals surface area contributed by atoms with Gasteiger partial charge in [0.2, 0.25) is 0 Å². The van der Waals surface area contributed by atoms with Crippen LogP contribution in [0.15, 0.2) is 0 Å². The summed E-state index contributed by atoms with van der Waals surface area (Å²) in [4.78, 5) is 0. The molecule has 94 valence electrons. The zero-order chi connectivity index (χ0) is 12.1. The Balaban J connectivity index is 3.24. The van der Waals surface area contributed by atoms with Crippen LogP contribution in [0.5, 0.6) is 0 Å². The molecule has 0 saturated carbocycles. The van der Waals surface area contributed by atoms with Gasteiger partial charge in [-0.3, -0.25) is 0 Å². The van der Waals surface area contributed by atoms with Crippen molar-refractivity contribution < 1.29 is 0 Å². The topological polar surface area (TPSA) is 12.0 Å². The normalized spacial score (nSPS) is 12.3. The summed E-state index contributed by atoms with van der Waals surface area (Å²) < 4.78 is 0. The van der Waals surface area contributed by atoms with Gasteiger partial charge in [-0.25, -0.2) is 0 Å². The molecule has 1 heteroatoms. The van der Waals surface area contributed by atoms with Gasteiger partial charge < -0.3 is 5.32 Å². The molecule has 0 radical (unpaired) electrons. The standard InChI is InChI=1S/C15H29N/c1-4-6-8-9-10-11-12-14-15(16-3)13-7-5-2/h2,15-16H,4,6-14H2,1,3H3. The third kappa shape index (κ3) is 10.1. The van der Waals surface area contributed by atoms with E-state index in [1.807, 2.05) is 7.05 Å². The summed E-state index contributed by atoms with van der Waals surface area (Å²) in [5.74, 6) is 2.72. The van der Waals surface area contributed by atoms with Gasteiger partial charge in [0.1, 0.15) is 0 Å². The highest BCUT2D eigenvalue weighted by molar-refractivity contribution is 4.85. The number of hydrogen-bond donors (Lipinski definition) is 1. The van der Waals surface area contributed by atoms with Crippen LogP contribution in [0.25, 0.3) is 0 Å². The third-order valence-corrected chi connectivity index (χ3v) is 3.20. The molecule has 1 atom stereocenters. The van der Waals surface area contributed by atoms with Gasteiger partial charge in [0.05, 0.1) is 0 Å². The minimum absolute atomic E-state index is 0.631. The number of unbranched alkanes of at least 4 members (excludes halogenated alkanes) is 6.